The van der Waals surface area contributed by atoms with Gasteiger partial charge in [-0.15, -0.1) is 23.4 Å². The van der Waals surface area contributed by atoms with Gasteiger partial charge in [-0.2, -0.15) is 5.10 Å². The molecule has 1 unspecified atom stereocenters. The van der Waals surface area contributed by atoms with Crippen LogP contribution < -0.4 is 9.64 Å². The van der Waals surface area contributed by atoms with E-state index in [0.717, 1.165) is 28.8 Å². The molecule has 1 aromatic heterocycles. The Labute approximate surface area is 232 Å². The van der Waals surface area contributed by atoms with Crippen molar-refractivity contribution >= 4 is 28.8 Å². The van der Waals surface area contributed by atoms with E-state index in [2.05, 4.69) is 31.9 Å². The van der Waals surface area contributed by atoms with Crippen LogP contribution in [0.15, 0.2) is 89.3 Å². The fourth-order valence-corrected chi connectivity index (χ4v) is 5.24. The number of aliphatic hydroxyl groups is 1. The molecular weight excluding hydrogens is 541 g/mol. The van der Waals surface area contributed by atoms with E-state index in [4.69, 9.17) is 0 Å². The summed E-state index contributed by atoms with van der Waals surface area (Å²) in [7, 11) is 0. The molecule has 12 heteroatoms. The summed E-state index contributed by atoms with van der Waals surface area (Å²) in [5.41, 5.74) is 3.04. The van der Waals surface area contributed by atoms with Gasteiger partial charge in [0, 0.05) is 17.0 Å². The van der Waals surface area contributed by atoms with E-state index < -0.39 is 12.1 Å². The summed E-state index contributed by atoms with van der Waals surface area (Å²) < 4.78 is 42.5. The second kappa shape index (κ2) is 11.1. The number of rotatable bonds is 7. The Bertz CT molecular complexity index is 1530. The van der Waals surface area contributed by atoms with Gasteiger partial charge in [-0.25, -0.2) is 9.67 Å². The summed E-state index contributed by atoms with van der Waals surface area (Å²) in [5, 5.41) is 24.7. The molecule has 5 rings (SSSR count). The number of thioether (sulfide) groups is 1. The average molecular weight is 567 g/mol. The van der Waals surface area contributed by atoms with Gasteiger partial charge < -0.3 is 9.84 Å². The zero-order valence-corrected chi connectivity index (χ0v) is 22.4. The van der Waals surface area contributed by atoms with Gasteiger partial charge in [0.25, 0.3) is 0 Å². The number of amidine groups is 1. The lowest BCUT2D eigenvalue weighted by atomic mass is 10.1. The SMILES string of the molecule is CCc1ccccc1N1C(=NN=Cc2ccc(-c3ncn(-c4ccc(OC(F)(F)F)cc4)n3)cc2)SCC1(C)O. The summed E-state index contributed by atoms with van der Waals surface area (Å²) >= 11 is 1.45. The third-order valence-electron chi connectivity index (χ3n) is 6.11. The van der Waals surface area contributed by atoms with Crippen molar-refractivity contribution in [2.45, 2.75) is 32.4 Å². The summed E-state index contributed by atoms with van der Waals surface area (Å²) in [4.78, 5) is 6.14. The number of alkyl halides is 3. The van der Waals surface area contributed by atoms with E-state index in [-0.39, 0.29) is 5.75 Å². The number of hydrogen-bond donors (Lipinski definition) is 1. The maximum atomic E-state index is 12.4. The standard InChI is InChI=1S/C28H25F3N6O2S/c1-3-20-6-4-5-7-24(20)37-26(40-17-27(37,2)38)34-33-16-19-8-10-21(11-9-19)25-32-18-36(35-25)22-12-14-23(15-13-22)39-28(29,30)31/h4-16,18,38H,3,17H2,1-2H3. The minimum Gasteiger partial charge on any atom is -0.406 e. The first-order chi connectivity index (χ1) is 19.1. The molecule has 3 aromatic carbocycles. The Morgan fingerprint density at radius 3 is 2.50 bits per heavy atom. The zero-order valence-electron chi connectivity index (χ0n) is 21.6. The van der Waals surface area contributed by atoms with Gasteiger partial charge >= 0.3 is 6.36 Å². The molecule has 1 N–H and O–H groups in total. The van der Waals surface area contributed by atoms with E-state index in [9.17, 15) is 18.3 Å². The van der Waals surface area contributed by atoms with Crippen LogP contribution in [-0.2, 0) is 6.42 Å². The van der Waals surface area contributed by atoms with Crippen LogP contribution >= 0.6 is 11.8 Å². The molecule has 0 amide bonds. The maximum absolute atomic E-state index is 12.4. The molecule has 8 nitrogen and oxygen atoms in total. The molecule has 1 atom stereocenters. The van der Waals surface area contributed by atoms with Crippen molar-refractivity contribution in [2.75, 3.05) is 10.7 Å². The highest BCUT2D eigenvalue weighted by Gasteiger charge is 2.41. The molecule has 0 spiro atoms. The first-order valence-corrected chi connectivity index (χ1v) is 13.3. The Morgan fingerprint density at radius 2 is 1.80 bits per heavy atom. The molecular formula is C28H25F3N6O2S. The van der Waals surface area contributed by atoms with Gasteiger partial charge in [0.2, 0.25) is 0 Å². The van der Waals surface area contributed by atoms with Crippen molar-refractivity contribution in [2.24, 2.45) is 10.2 Å². The highest BCUT2D eigenvalue weighted by Crippen LogP contribution is 2.37. The van der Waals surface area contributed by atoms with Crippen LogP contribution in [-0.4, -0.2) is 49.1 Å². The van der Waals surface area contributed by atoms with Crippen LogP contribution in [0, 0.1) is 0 Å². The fourth-order valence-electron chi connectivity index (χ4n) is 4.18. The minimum atomic E-state index is -4.75. The van der Waals surface area contributed by atoms with E-state index in [1.54, 1.807) is 13.1 Å². The number of anilines is 1. The Balaban J connectivity index is 1.28. The second-order valence-corrected chi connectivity index (χ2v) is 10.1. The lowest BCUT2D eigenvalue weighted by molar-refractivity contribution is -0.274. The van der Waals surface area contributed by atoms with Crippen molar-refractivity contribution < 1.29 is 23.0 Å². The van der Waals surface area contributed by atoms with Crippen molar-refractivity contribution in [1.29, 1.82) is 0 Å². The zero-order chi connectivity index (χ0) is 28.3. The molecule has 4 aromatic rings. The quantitative estimate of drug-likeness (QED) is 0.217. The monoisotopic (exact) mass is 566 g/mol. The first-order valence-electron chi connectivity index (χ1n) is 12.4. The highest BCUT2D eigenvalue weighted by atomic mass is 32.2. The number of halogens is 3. The predicted molar refractivity (Wildman–Crippen MR) is 150 cm³/mol. The van der Waals surface area contributed by atoms with Gasteiger partial charge in [-0.1, -0.05) is 61.2 Å². The van der Waals surface area contributed by atoms with Crippen LogP contribution in [0.5, 0.6) is 5.75 Å². The molecule has 40 heavy (non-hydrogen) atoms. The van der Waals surface area contributed by atoms with Crippen LogP contribution in [0.2, 0.25) is 0 Å². The number of hydrogen-bond acceptors (Lipinski definition) is 7. The summed E-state index contributed by atoms with van der Waals surface area (Å²) in [5.74, 6) is 0.614. The van der Waals surface area contributed by atoms with E-state index in [1.807, 2.05) is 53.4 Å². The van der Waals surface area contributed by atoms with Crippen LogP contribution in [0.1, 0.15) is 25.0 Å². The van der Waals surface area contributed by atoms with Crippen molar-refractivity contribution in [3.63, 3.8) is 0 Å². The number of ether oxygens (including phenoxy) is 1. The van der Waals surface area contributed by atoms with Crippen LogP contribution in [0.3, 0.4) is 0 Å². The molecule has 0 radical (unpaired) electrons. The number of aromatic nitrogens is 3. The Morgan fingerprint density at radius 1 is 1.07 bits per heavy atom. The van der Waals surface area contributed by atoms with Crippen LogP contribution in [0.4, 0.5) is 18.9 Å². The largest absolute Gasteiger partial charge is 0.573 e. The molecule has 206 valence electrons. The Hall–Kier alpha value is -4.16. The van der Waals surface area contributed by atoms with Gasteiger partial charge in [0.05, 0.1) is 11.9 Å². The number of nitrogens with zero attached hydrogens (tertiary/aromatic N) is 6. The third kappa shape index (κ3) is 6.18. The summed E-state index contributed by atoms with van der Waals surface area (Å²) in [6.45, 7) is 3.84. The molecule has 1 aliphatic rings. The van der Waals surface area contributed by atoms with Crippen molar-refractivity contribution in [1.82, 2.24) is 14.8 Å². The van der Waals surface area contributed by atoms with E-state index >= 15 is 0 Å². The summed E-state index contributed by atoms with van der Waals surface area (Å²) in [6, 6.07) is 20.7. The Kier molecular flexibility index (Phi) is 7.63. The lowest BCUT2D eigenvalue weighted by Gasteiger charge is -2.32. The van der Waals surface area contributed by atoms with Gasteiger partial charge in [-0.3, -0.25) is 4.90 Å². The average Bonchev–Trinajstić information content (AvgIpc) is 3.53. The minimum absolute atomic E-state index is 0.311. The number of benzene rings is 3. The lowest BCUT2D eigenvalue weighted by Crippen LogP contribution is -2.45. The second-order valence-electron chi connectivity index (χ2n) is 9.13. The summed E-state index contributed by atoms with van der Waals surface area (Å²) in [6.07, 6.45) is -0.808. The van der Waals surface area contributed by atoms with Gasteiger partial charge in [0.1, 0.15) is 12.1 Å². The van der Waals surface area contributed by atoms with Gasteiger partial charge in [0.15, 0.2) is 16.7 Å². The molecule has 2 heterocycles. The van der Waals surface area contributed by atoms with Crippen molar-refractivity contribution in [3.8, 4) is 22.8 Å². The predicted octanol–water partition coefficient (Wildman–Crippen LogP) is 6.05. The highest BCUT2D eigenvalue weighted by molar-refractivity contribution is 8.14. The van der Waals surface area contributed by atoms with Gasteiger partial charge in [-0.05, 0) is 54.8 Å². The molecule has 1 saturated heterocycles. The first kappa shape index (κ1) is 27.4. The molecule has 1 aliphatic heterocycles. The smallest absolute Gasteiger partial charge is 0.406 e. The normalized spacial score (nSPS) is 18.6. The number of aryl methyl sites for hydroxylation is 1. The van der Waals surface area contributed by atoms with E-state index in [0.29, 0.717) is 22.4 Å². The number of para-hydroxylation sites is 1. The van der Waals surface area contributed by atoms with Crippen LogP contribution in [0.25, 0.3) is 17.1 Å². The topological polar surface area (TPSA) is 88.1 Å². The molecule has 0 bridgehead atoms. The fraction of sp³-hybridized carbons (Fsp3) is 0.214. The molecule has 0 saturated carbocycles. The van der Waals surface area contributed by atoms with Crippen molar-refractivity contribution in [3.05, 3.63) is 90.3 Å². The van der Waals surface area contributed by atoms with E-state index in [1.165, 1.54) is 47.0 Å². The molecule has 0 aliphatic carbocycles. The maximum Gasteiger partial charge on any atom is 0.573 e. The third-order valence-corrected chi connectivity index (χ3v) is 7.32. The molecule has 1 fully saturated rings.